The Labute approximate surface area is 144 Å². The Morgan fingerprint density at radius 3 is 2.50 bits per heavy atom. The fourth-order valence-corrected chi connectivity index (χ4v) is 2.78. The molecule has 0 bridgehead atoms. The van der Waals surface area contributed by atoms with Gasteiger partial charge in [0.05, 0.1) is 6.04 Å². The smallest absolute Gasteiger partial charge is 0.319 e. The van der Waals surface area contributed by atoms with Gasteiger partial charge in [-0.2, -0.15) is 0 Å². The summed E-state index contributed by atoms with van der Waals surface area (Å²) >= 11 is 18.0. The molecule has 0 heterocycles. The van der Waals surface area contributed by atoms with Crippen LogP contribution in [0.15, 0.2) is 36.4 Å². The second-order valence-corrected chi connectivity index (χ2v) is 6.15. The molecule has 1 atom stereocenters. The van der Waals surface area contributed by atoms with Gasteiger partial charge in [0.15, 0.2) is 0 Å². The molecule has 0 aliphatic rings. The molecule has 0 saturated carbocycles. The molecule has 0 spiro atoms. The third-order valence-corrected chi connectivity index (χ3v) is 4.26. The second-order valence-electron chi connectivity index (χ2n) is 4.90. The molecule has 22 heavy (non-hydrogen) atoms. The summed E-state index contributed by atoms with van der Waals surface area (Å²) in [5.41, 5.74) is 2.28. The SMILES string of the molecule is Cc1c(Cl)cccc1NC(=O)N[C@H](C)c1ccc(Cl)cc1Cl. The Balaban J connectivity index is 2.07. The highest BCUT2D eigenvalue weighted by Gasteiger charge is 2.14. The van der Waals surface area contributed by atoms with E-state index in [2.05, 4.69) is 10.6 Å². The first-order chi connectivity index (χ1) is 10.4. The van der Waals surface area contributed by atoms with Crippen molar-refractivity contribution in [2.45, 2.75) is 19.9 Å². The average Bonchev–Trinajstić information content (AvgIpc) is 2.43. The van der Waals surface area contributed by atoms with Crippen LogP contribution in [0.25, 0.3) is 0 Å². The minimum atomic E-state index is -0.330. The lowest BCUT2D eigenvalue weighted by Crippen LogP contribution is -2.31. The summed E-state index contributed by atoms with van der Waals surface area (Å²) in [5.74, 6) is 0. The van der Waals surface area contributed by atoms with Crippen LogP contribution in [0.2, 0.25) is 15.1 Å². The van der Waals surface area contributed by atoms with Gasteiger partial charge in [-0.1, -0.05) is 46.9 Å². The summed E-state index contributed by atoms with van der Waals surface area (Å²) in [6, 6.07) is 9.94. The summed E-state index contributed by atoms with van der Waals surface area (Å²) in [6.45, 7) is 3.69. The standard InChI is InChI=1S/C16H15Cl3N2O/c1-9-13(18)4-3-5-15(9)21-16(22)20-10(2)12-7-6-11(17)8-14(12)19/h3-8,10H,1-2H3,(H2,20,21,22)/t10-/m1/s1. The summed E-state index contributed by atoms with van der Waals surface area (Å²) in [4.78, 5) is 12.1. The maximum Gasteiger partial charge on any atom is 0.319 e. The molecule has 3 nitrogen and oxygen atoms in total. The van der Waals surface area contributed by atoms with Crippen molar-refractivity contribution in [1.82, 2.24) is 5.32 Å². The van der Waals surface area contributed by atoms with Crippen LogP contribution in [-0.2, 0) is 0 Å². The van der Waals surface area contributed by atoms with Crippen molar-refractivity contribution in [3.8, 4) is 0 Å². The molecule has 2 amide bonds. The first-order valence-corrected chi connectivity index (χ1v) is 7.79. The van der Waals surface area contributed by atoms with Crippen LogP contribution in [-0.4, -0.2) is 6.03 Å². The van der Waals surface area contributed by atoms with Crippen LogP contribution in [0.4, 0.5) is 10.5 Å². The van der Waals surface area contributed by atoms with Crippen molar-refractivity contribution < 1.29 is 4.79 Å². The molecular weight excluding hydrogens is 343 g/mol. The van der Waals surface area contributed by atoms with Crippen molar-refractivity contribution in [3.63, 3.8) is 0 Å². The quantitative estimate of drug-likeness (QED) is 0.712. The van der Waals surface area contributed by atoms with Crippen LogP contribution in [0.1, 0.15) is 24.1 Å². The molecule has 0 radical (unpaired) electrons. The van der Waals surface area contributed by atoms with E-state index in [1.807, 2.05) is 13.8 Å². The molecule has 0 aliphatic carbocycles. The fraction of sp³-hybridized carbons (Fsp3) is 0.188. The van der Waals surface area contributed by atoms with Gasteiger partial charge in [0, 0.05) is 20.8 Å². The van der Waals surface area contributed by atoms with Crippen molar-refractivity contribution in [1.29, 1.82) is 0 Å². The molecular formula is C16H15Cl3N2O. The first kappa shape index (κ1) is 16.9. The van der Waals surface area contributed by atoms with Gasteiger partial charge in [0.25, 0.3) is 0 Å². The monoisotopic (exact) mass is 356 g/mol. The van der Waals surface area contributed by atoms with Gasteiger partial charge in [0.1, 0.15) is 0 Å². The van der Waals surface area contributed by atoms with E-state index in [4.69, 9.17) is 34.8 Å². The molecule has 0 fully saturated rings. The normalized spacial score (nSPS) is 11.9. The van der Waals surface area contributed by atoms with Crippen LogP contribution >= 0.6 is 34.8 Å². The highest BCUT2D eigenvalue weighted by Crippen LogP contribution is 2.26. The third-order valence-electron chi connectivity index (χ3n) is 3.29. The Kier molecular flexibility index (Phi) is 5.57. The van der Waals surface area contributed by atoms with Gasteiger partial charge < -0.3 is 10.6 Å². The zero-order valence-corrected chi connectivity index (χ0v) is 14.4. The largest absolute Gasteiger partial charge is 0.331 e. The van der Waals surface area contributed by atoms with Crippen molar-refractivity contribution >= 4 is 46.5 Å². The molecule has 2 N–H and O–H groups in total. The number of carbonyl (C=O) groups excluding carboxylic acids is 1. The number of hydrogen-bond acceptors (Lipinski definition) is 1. The highest BCUT2D eigenvalue weighted by molar-refractivity contribution is 6.35. The third kappa shape index (κ3) is 4.07. The van der Waals surface area contributed by atoms with E-state index in [0.717, 1.165) is 11.1 Å². The number of carbonyl (C=O) groups is 1. The topological polar surface area (TPSA) is 41.1 Å². The lowest BCUT2D eigenvalue weighted by molar-refractivity contribution is 0.249. The Hall–Kier alpha value is -1.42. The van der Waals surface area contributed by atoms with Crippen LogP contribution < -0.4 is 10.6 Å². The summed E-state index contributed by atoms with van der Waals surface area (Å²) in [5, 5.41) is 7.28. The molecule has 2 aromatic carbocycles. The number of hydrogen-bond donors (Lipinski definition) is 2. The van der Waals surface area contributed by atoms with E-state index in [0.29, 0.717) is 20.8 Å². The Bertz CT molecular complexity index is 704. The van der Waals surface area contributed by atoms with E-state index in [1.54, 1.807) is 36.4 Å². The number of anilines is 1. The maximum absolute atomic E-state index is 12.1. The molecule has 2 rings (SSSR count). The minimum Gasteiger partial charge on any atom is -0.331 e. The zero-order valence-electron chi connectivity index (χ0n) is 12.1. The number of urea groups is 1. The van der Waals surface area contributed by atoms with Gasteiger partial charge in [0.2, 0.25) is 0 Å². The zero-order chi connectivity index (χ0) is 16.3. The van der Waals surface area contributed by atoms with E-state index in [-0.39, 0.29) is 12.1 Å². The number of amides is 2. The van der Waals surface area contributed by atoms with E-state index < -0.39 is 0 Å². The highest BCUT2D eigenvalue weighted by atomic mass is 35.5. The minimum absolute atomic E-state index is 0.260. The molecule has 0 unspecified atom stereocenters. The lowest BCUT2D eigenvalue weighted by Gasteiger charge is -2.17. The Morgan fingerprint density at radius 2 is 1.82 bits per heavy atom. The van der Waals surface area contributed by atoms with Crippen LogP contribution in [0.5, 0.6) is 0 Å². The van der Waals surface area contributed by atoms with Crippen LogP contribution in [0.3, 0.4) is 0 Å². The van der Waals surface area contributed by atoms with Crippen LogP contribution in [0, 0.1) is 6.92 Å². The van der Waals surface area contributed by atoms with Crippen molar-refractivity contribution in [2.75, 3.05) is 5.32 Å². The molecule has 6 heteroatoms. The molecule has 2 aromatic rings. The van der Waals surface area contributed by atoms with E-state index in [1.165, 1.54) is 0 Å². The lowest BCUT2D eigenvalue weighted by atomic mass is 10.1. The fourth-order valence-electron chi connectivity index (χ4n) is 2.03. The maximum atomic E-state index is 12.1. The van der Waals surface area contributed by atoms with Crippen molar-refractivity contribution in [2.24, 2.45) is 0 Å². The predicted molar refractivity (Wildman–Crippen MR) is 93.2 cm³/mol. The molecule has 0 aliphatic heterocycles. The average molecular weight is 358 g/mol. The Morgan fingerprint density at radius 1 is 1.09 bits per heavy atom. The van der Waals surface area contributed by atoms with Crippen molar-refractivity contribution in [3.05, 3.63) is 62.6 Å². The molecule has 0 saturated heterocycles. The summed E-state index contributed by atoms with van der Waals surface area (Å²) < 4.78 is 0. The van der Waals surface area contributed by atoms with Gasteiger partial charge >= 0.3 is 6.03 Å². The summed E-state index contributed by atoms with van der Waals surface area (Å²) in [6.07, 6.45) is 0. The number of rotatable bonds is 3. The molecule has 116 valence electrons. The summed E-state index contributed by atoms with van der Waals surface area (Å²) in [7, 11) is 0. The van der Waals surface area contributed by atoms with E-state index >= 15 is 0 Å². The van der Waals surface area contributed by atoms with E-state index in [9.17, 15) is 4.79 Å². The second kappa shape index (κ2) is 7.23. The number of nitrogens with one attached hydrogen (secondary N) is 2. The van der Waals surface area contributed by atoms with Gasteiger partial charge in [-0.3, -0.25) is 0 Å². The molecule has 0 aromatic heterocycles. The number of halogens is 3. The van der Waals surface area contributed by atoms with Gasteiger partial charge in [-0.15, -0.1) is 0 Å². The first-order valence-electron chi connectivity index (χ1n) is 6.66. The number of benzene rings is 2. The van der Waals surface area contributed by atoms with Gasteiger partial charge in [-0.25, -0.2) is 4.79 Å². The predicted octanol–water partition coefficient (Wildman–Crippen LogP) is 5.84. The van der Waals surface area contributed by atoms with Gasteiger partial charge in [-0.05, 0) is 49.2 Å².